The number of rotatable bonds is 3. The van der Waals surface area contributed by atoms with Gasteiger partial charge in [0, 0.05) is 11.3 Å². The third-order valence-corrected chi connectivity index (χ3v) is 3.16. The van der Waals surface area contributed by atoms with Crippen molar-refractivity contribution in [1.82, 2.24) is 0 Å². The summed E-state index contributed by atoms with van der Waals surface area (Å²) in [4.78, 5) is 0. The van der Waals surface area contributed by atoms with Gasteiger partial charge in [-0.15, -0.1) is 0 Å². The first kappa shape index (κ1) is 14.0. The standard InChI is InChI=1S/C16H14F2N2/c1-10-3-4-12(9-19)7-16(10)20-11(2)14-8-13(17)5-6-15(14)18/h3-8,11,20H,1-2H3. The molecule has 4 heteroatoms. The fourth-order valence-electron chi connectivity index (χ4n) is 2.00. The van der Waals surface area contributed by atoms with Crippen LogP contribution in [0.3, 0.4) is 0 Å². The fourth-order valence-corrected chi connectivity index (χ4v) is 2.00. The van der Waals surface area contributed by atoms with E-state index in [1.165, 1.54) is 6.07 Å². The molecule has 0 heterocycles. The predicted octanol–water partition coefficient (Wildman–Crippen LogP) is 4.32. The summed E-state index contributed by atoms with van der Waals surface area (Å²) >= 11 is 0. The van der Waals surface area contributed by atoms with Gasteiger partial charge in [-0.1, -0.05) is 6.07 Å². The van der Waals surface area contributed by atoms with Gasteiger partial charge in [0.05, 0.1) is 17.7 Å². The molecule has 0 fully saturated rings. The molecule has 2 nitrogen and oxygen atoms in total. The van der Waals surface area contributed by atoms with Crippen LogP contribution in [-0.4, -0.2) is 0 Å². The van der Waals surface area contributed by atoms with Crippen molar-refractivity contribution in [3.63, 3.8) is 0 Å². The van der Waals surface area contributed by atoms with E-state index in [1.54, 1.807) is 19.1 Å². The molecule has 0 radical (unpaired) electrons. The van der Waals surface area contributed by atoms with Crippen LogP contribution in [0.15, 0.2) is 36.4 Å². The molecule has 1 unspecified atom stereocenters. The summed E-state index contributed by atoms with van der Waals surface area (Å²) in [5, 5.41) is 12.0. The van der Waals surface area contributed by atoms with Crippen LogP contribution in [-0.2, 0) is 0 Å². The predicted molar refractivity (Wildman–Crippen MR) is 74.3 cm³/mol. The van der Waals surface area contributed by atoms with Crippen LogP contribution in [0.1, 0.15) is 29.7 Å². The van der Waals surface area contributed by atoms with Crippen LogP contribution >= 0.6 is 0 Å². The summed E-state index contributed by atoms with van der Waals surface area (Å²) in [5.74, 6) is -0.932. The van der Waals surface area contributed by atoms with Crippen molar-refractivity contribution in [2.24, 2.45) is 0 Å². The van der Waals surface area contributed by atoms with Gasteiger partial charge in [-0.3, -0.25) is 0 Å². The van der Waals surface area contributed by atoms with E-state index in [1.807, 2.05) is 13.0 Å². The van der Waals surface area contributed by atoms with Crippen LogP contribution in [0.5, 0.6) is 0 Å². The Bertz CT molecular complexity index is 675. The van der Waals surface area contributed by atoms with Gasteiger partial charge in [0.25, 0.3) is 0 Å². The van der Waals surface area contributed by atoms with Crippen LogP contribution in [0.2, 0.25) is 0 Å². The molecule has 1 N–H and O–H groups in total. The van der Waals surface area contributed by atoms with Crippen LogP contribution in [0.4, 0.5) is 14.5 Å². The average Bonchev–Trinajstić information content (AvgIpc) is 2.43. The molecule has 0 aliphatic rings. The van der Waals surface area contributed by atoms with Gasteiger partial charge in [0.1, 0.15) is 11.6 Å². The Balaban J connectivity index is 2.30. The van der Waals surface area contributed by atoms with Gasteiger partial charge in [-0.2, -0.15) is 5.26 Å². The van der Waals surface area contributed by atoms with E-state index in [9.17, 15) is 8.78 Å². The van der Waals surface area contributed by atoms with E-state index in [0.717, 1.165) is 23.4 Å². The number of anilines is 1. The highest BCUT2D eigenvalue weighted by Gasteiger charge is 2.13. The molecule has 0 aliphatic carbocycles. The first-order valence-corrected chi connectivity index (χ1v) is 6.23. The highest BCUT2D eigenvalue weighted by Crippen LogP contribution is 2.25. The molecule has 0 spiro atoms. The lowest BCUT2D eigenvalue weighted by atomic mass is 10.1. The Morgan fingerprint density at radius 2 is 1.90 bits per heavy atom. The number of hydrogen-bond acceptors (Lipinski definition) is 2. The monoisotopic (exact) mass is 272 g/mol. The van der Waals surface area contributed by atoms with Gasteiger partial charge in [0.15, 0.2) is 0 Å². The second kappa shape index (κ2) is 5.70. The molecule has 2 rings (SSSR count). The molecule has 0 bridgehead atoms. The van der Waals surface area contributed by atoms with Gasteiger partial charge in [0.2, 0.25) is 0 Å². The minimum Gasteiger partial charge on any atom is -0.378 e. The highest BCUT2D eigenvalue weighted by molar-refractivity contribution is 5.56. The Morgan fingerprint density at radius 3 is 2.60 bits per heavy atom. The van der Waals surface area contributed by atoms with Crippen molar-refractivity contribution in [3.8, 4) is 6.07 Å². The van der Waals surface area contributed by atoms with Gasteiger partial charge < -0.3 is 5.32 Å². The summed E-state index contributed by atoms with van der Waals surface area (Å²) in [6, 6.07) is 10.3. The lowest BCUT2D eigenvalue weighted by Crippen LogP contribution is -2.10. The molecule has 0 aromatic heterocycles. The minimum absolute atomic E-state index is 0.256. The summed E-state index contributed by atoms with van der Waals surface area (Å²) < 4.78 is 26.9. The summed E-state index contributed by atoms with van der Waals surface area (Å²) in [6.07, 6.45) is 0. The van der Waals surface area contributed by atoms with E-state index < -0.39 is 17.7 Å². The number of hydrogen-bond donors (Lipinski definition) is 1. The first-order valence-electron chi connectivity index (χ1n) is 6.23. The molecule has 2 aromatic carbocycles. The van der Waals surface area contributed by atoms with E-state index in [0.29, 0.717) is 5.56 Å². The van der Waals surface area contributed by atoms with E-state index >= 15 is 0 Å². The Kier molecular flexibility index (Phi) is 3.99. The van der Waals surface area contributed by atoms with Crippen molar-refractivity contribution in [3.05, 3.63) is 64.7 Å². The average molecular weight is 272 g/mol. The van der Waals surface area contributed by atoms with Crippen LogP contribution in [0.25, 0.3) is 0 Å². The smallest absolute Gasteiger partial charge is 0.128 e. The molecule has 20 heavy (non-hydrogen) atoms. The van der Waals surface area contributed by atoms with Crippen molar-refractivity contribution < 1.29 is 8.78 Å². The van der Waals surface area contributed by atoms with E-state index in [2.05, 4.69) is 11.4 Å². The number of nitrogens with zero attached hydrogens (tertiary/aromatic N) is 1. The lowest BCUT2D eigenvalue weighted by Gasteiger charge is -2.18. The summed E-state index contributed by atoms with van der Waals surface area (Å²) in [5.41, 5.74) is 2.45. The van der Waals surface area contributed by atoms with E-state index in [4.69, 9.17) is 5.26 Å². The number of benzene rings is 2. The normalized spacial score (nSPS) is 11.8. The molecular formula is C16H14F2N2. The SMILES string of the molecule is Cc1ccc(C#N)cc1NC(C)c1cc(F)ccc1F. The van der Waals surface area contributed by atoms with Gasteiger partial charge >= 0.3 is 0 Å². The van der Waals surface area contributed by atoms with Gasteiger partial charge in [-0.05, 0) is 49.7 Å². The molecule has 102 valence electrons. The number of nitrogens with one attached hydrogen (secondary N) is 1. The summed E-state index contributed by atoms with van der Waals surface area (Å²) in [7, 11) is 0. The second-order valence-electron chi connectivity index (χ2n) is 4.67. The van der Waals surface area contributed by atoms with E-state index in [-0.39, 0.29) is 5.56 Å². The maximum atomic E-state index is 13.7. The molecule has 0 saturated heterocycles. The number of halogens is 2. The first-order chi connectivity index (χ1) is 9.51. The molecule has 1 atom stereocenters. The maximum absolute atomic E-state index is 13.7. The molecule has 0 aliphatic heterocycles. The Morgan fingerprint density at radius 1 is 1.15 bits per heavy atom. The Labute approximate surface area is 116 Å². The van der Waals surface area contributed by atoms with Crippen molar-refractivity contribution >= 4 is 5.69 Å². The minimum atomic E-state index is -0.474. The lowest BCUT2D eigenvalue weighted by molar-refractivity contribution is 0.577. The molecule has 0 saturated carbocycles. The summed E-state index contributed by atoms with van der Waals surface area (Å²) in [6.45, 7) is 3.63. The Hall–Kier alpha value is -2.41. The van der Waals surface area contributed by atoms with Crippen molar-refractivity contribution in [2.75, 3.05) is 5.32 Å². The zero-order valence-electron chi connectivity index (χ0n) is 11.2. The molecule has 2 aromatic rings. The quantitative estimate of drug-likeness (QED) is 0.903. The highest BCUT2D eigenvalue weighted by atomic mass is 19.1. The van der Waals surface area contributed by atoms with Gasteiger partial charge in [-0.25, -0.2) is 8.78 Å². The second-order valence-corrected chi connectivity index (χ2v) is 4.67. The van der Waals surface area contributed by atoms with Crippen molar-refractivity contribution in [2.45, 2.75) is 19.9 Å². The number of nitriles is 1. The maximum Gasteiger partial charge on any atom is 0.128 e. The van der Waals surface area contributed by atoms with Crippen molar-refractivity contribution in [1.29, 1.82) is 5.26 Å². The number of aryl methyl sites for hydroxylation is 1. The van der Waals surface area contributed by atoms with Crippen LogP contribution < -0.4 is 5.32 Å². The van der Waals surface area contributed by atoms with Crippen LogP contribution in [0, 0.1) is 29.9 Å². The molecule has 0 amide bonds. The third kappa shape index (κ3) is 2.94. The molecular weight excluding hydrogens is 258 g/mol. The largest absolute Gasteiger partial charge is 0.378 e. The fraction of sp³-hybridized carbons (Fsp3) is 0.188. The zero-order chi connectivity index (χ0) is 14.7. The topological polar surface area (TPSA) is 35.8 Å². The third-order valence-electron chi connectivity index (χ3n) is 3.16. The zero-order valence-corrected chi connectivity index (χ0v) is 11.2.